The van der Waals surface area contributed by atoms with Crippen LogP contribution in [0.2, 0.25) is 0 Å². The molecule has 1 unspecified atom stereocenters. The third-order valence-electron chi connectivity index (χ3n) is 3.58. The average Bonchev–Trinajstić information content (AvgIpc) is 2.97. The first-order chi connectivity index (χ1) is 9.33. The van der Waals surface area contributed by atoms with Crippen LogP contribution < -0.4 is 37.2 Å². The van der Waals surface area contributed by atoms with E-state index in [9.17, 15) is 0 Å². The van der Waals surface area contributed by atoms with Crippen LogP contribution in [0.3, 0.4) is 0 Å². The molecule has 1 aliphatic carbocycles. The van der Waals surface area contributed by atoms with Gasteiger partial charge < -0.3 is 37.2 Å². The van der Waals surface area contributed by atoms with Crippen LogP contribution in [0.15, 0.2) is 52.8 Å². The maximum Gasteiger partial charge on any atom is -1.00 e. The Morgan fingerprint density at radius 1 is 1.05 bits per heavy atom. The molecule has 2 rings (SSSR count). The monoisotopic (exact) mass is 397 g/mol. The normalized spacial score (nSPS) is 13.3. The molecule has 1 aliphatic rings. The molecule has 0 spiro atoms. The van der Waals surface area contributed by atoms with Crippen LogP contribution in [0.5, 0.6) is 0 Å². The van der Waals surface area contributed by atoms with Gasteiger partial charge in [0.1, 0.15) is 0 Å². The molecule has 1 atom stereocenters. The minimum Gasteiger partial charge on any atom is -1.00 e. The molecule has 0 saturated heterocycles. The van der Waals surface area contributed by atoms with E-state index in [0.717, 1.165) is 13.1 Å². The van der Waals surface area contributed by atoms with Crippen molar-refractivity contribution in [3.05, 3.63) is 58.4 Å². The van der Waals surface area contributed by atoms with Crippen molar-refractivity contribution in [1.82, 2.24) is 4.90 Å². The van der Waals surface area contributed by atoms with Gasteiger partial charge in [0.15, 0.2) is 0 Å². The summed E-state index contributed by atoms with van der Waals surface area (Å²) in [4.78, 5) is 2.55. The Morgan fingerprint density at radius 2 is 1.68 bits per heavy atom. The van der Waals surface area contributed by atoms with E-state index in [-0.39, 0.29) is 53.5 Å². The van der Waals surface area contributed by atoms with Gasteiger partial charge in [-0.3, -0.25) is 0 Å². The number of nitrogens with zero attached hydrogens (tertiary/aromatic N) is 1. The molecule has 1 aromatic rings. The number of hydrogen-bond donors (Lipinski definition) is 0. The largest absolute Gasteiger partial charge is 1.00 e. The Balaban J connectivity index is 0. The fourth-order valence-electron chi connectivity index (χ4n) is 2.35. The molecule has 0 N–H and O–H groups in total. The Labute approximate surface area is 160 Å². The fourth-order valence-corrected chi connectivity index (χ4v) is 4.57. The smallest absolute Gasteiger partial charge is 1.00 e. The van der Waals surface area contributed by atoms with Crippen LogP contribution in [-0.4, -0.2) is 24.5 Å². The molecule has 5 heteroatoms. The topological polar surface area (TPSA) is 3.24 Å². The van der Waals surface area contributed by atoms with E-state index in [1.807, 2.05) is 0 Å². The Bertz CT molecular complexity index is 444. The van der Waals surface area contributed by atoms with Crippen molar-refractivity contribution in [2.24, 2.45) is 0 Å². The van der Waals surface area contributed by atoms with Crippen molar-refractivity contribution < 1.29 is 53.5 Å². The first-order valence-electron chi connectivity index (χ1n) is 7.17. The second kappa shape index (κ2) is 13.5. The molecule has 22 heavy (non-hydrogen) atoms. The second-order valence-corrected chi connectivity index (χ2v) is 7.11. The van der Waals surface area contributed by atoms with Crippen molar-refractivity contribution in [3.63, 3.8) is 0 Å². The van der Waals surface area contributed by atoms with E-state index < -0.39 is 0 Å². The standard InChI is InChI=1S/C12H18N.C5H5.3ClH.V/c1-3-13(4-2)11-10-12-8-6-5-7-9-12;1-2-4-5-3-1;;;;/h5-10H,3-4,11H2,1-2H3;1-3H,4H2;3*1H;/q;;;;;+3/p-3. The van der Waals surface area contributed by atoms with E-state index in [1.54, 1.807) is 4.28 Å². The molecule has 0 saturated carbocycles. The van der Waals surface area contributed by atoms with Gasteiger partial charge in [0, 0.05) is 0 Å². The van der Waals surface area contributed by atoms with Crippen molar-refractivity contribution in [2.45, 2.75) is 24.9 Å². The van der Waals surface area contributed by atoms with Crippen molar-refractivity contribution in [2.75, 3.05) is 19.6 Å². The molecule has 0 amide bonds. The van der Waals surface area contributed by atoms with Crippen LogP contribution in [0.1, 0.15) is 30.5 Å². The van der Waals surface area contributed by atoms with E-state index in [4.69, 9.17) is 0 Å². The zero-order chi connectivity index (χ0) is 13.5. The Morgan fingerprint density at radius 3 is 2.18 bits per heavy atom. The maximum absolute atomic E-state index is 2.55. The summed E-state index contributed by atoms with van der Waals surface area (Å²) in [6.07, 6.45) is 8.01. The van der Waals surface area contributed by atoms with Crippen LogP contribution in [0.4, 0.5) is 0 Å². The van der Waals surface area contributed by atoms with E-state index in [0.29, 0.717) is 4.63 Å². The summed E-state index contributed by atoms with van der Waals surface area (Å²) in [5.41, 5.74) is 1.52. The fraction of sp³-hybridized carbons (Fsp3) is 0.412. The minimum absolute atomic E-state index is 0. The Kier molecular flexibility index (Phi) is 15.0. The van der Waals surface area contributed by atoms with Gasteiger partial charge in [-0.05, 0) is 0 Å². The molecule has 1 nitrogen and oxygen atoms in total. The summed E-state index contributed by atoms with van der Waals surface area (Å²) in [5.74, 6) is 0. The molecule has 1 aromatic carbocycles. The van der Waals surface area contributed by atoms with Gasteiger partial charge in [0.05, 0.1) is 0 Å². The first kappa shape index (κ1) is 24.4. The van der Waals surface area contributed by atoms with Crippen LogP contribution in [0, 0.1) is 0 Å². The van der Waals surface area contributed by atoms with E-state index in [1.165, 1.54) is 18.5 Å². The van der Waals surface area contributed by atoms with Gasteiger partial charge in [0.2, 0.25) is 0 Å². The minimum atomic E-state index is 0. The SMILES string of the molecule is CCN(CC)C[CH]([V+3][C]1=CC=CC1)c1ccccc1.[Cl-].[Cl-].[Cl-]. The predicted octanol–water partition coefficient (Wildman–Crippen LogP) is -4.99. The second-order valence-electron chi connectivity index (χ2n) is 4.83. The molecular formula is C17H23Cl3NV. The molecule has 0 heterocycles. The summed E-state index contributed by atoms with van der Waals surface area (Å²) in [6.45, 7) is 8.03. The summed E-state index contributed by atoms with van der Waals surface area (Å²) in [6, 6.07) is 11.1. The van der Waals surface area contributed by atoms with Crippen molar-refractivity contribution in [3.8, 4) is 0 Å². The number of halogens is 3. The molecule has 0 aliphatic heterocycles. The van der Waals surface area contributed by atoms with Gasteiger partial charge >= 0.3 is 124 Å². The predicted molar refractivity (Wildman–Crippen MR) is 78.8 cm³/mol. The van der Waals surface area contributed by atoms with E-state index >= 15 is 0 Å². The summed E-state index contributed by atoms with van der Waals surface area (Å²) < 4.78 is 2.38. The first-order valence-corrected chi connectivity index (χ1v) is 8.67. The number of rotatable bonds is 7. The molecule has 0 bridgehead atoms. The zero-order valence-corrected chi connectivity index (χ0v) is 16.7. The summed E-state index contributed by atoms with van der Waals surface area (Å²) >= 11 is 0.250. The zero-order valence-electron chi connectivity index (χ0n) is 13.1. The molecule has 122 valence electrons. The van der Waals surface area contributed by atoms with Gasteiger partial charge in [-0.15, -0.1) is 0 Å². The third-order valence-corrected chi connectivity index (χ3v) is 5.83. The van der Waals surface area contributed by atoms with E-state index in [2.05, 4.69) is 67.3 Å². The van der Waals surface area contributed by atoms with Crippen molar-refractivity contribution >= 4 is 0 Å². The van der Waals surface area contributed by atoms with Gasteiger partial charge in [-0.1, -0.05) is 0 Å². The van der Waals surface area contributed by atoms with Gasteiger partial charge in [-0.25, -0.2) is 0 Å². The number of allylic oxidation sites excluding steroid dienone is 4. The summed E-state index contributed by atoms with van der Waals surface area (Å²) in [7, 11) is 0. The van der Waals surface area contributed by atoms with Gasteiger partial charge in [-0.2, -0.15) is 0 Å². The number of likely N-dealkylation sites (N-methyl/N-ethyl adjacent to an activating group) is 1. The number of hydrogen-bond acceptors (Lipinski definition) is 1. The molecule has 0 fully saturated rings. The average molecular weight is 399 g/mol. The van der Waals surface area contributed by atoms with Gasteiger partial charge in [0.25, 0.3) is 0 Å². The quantitative estimate of drug-likeness (QED) is 0.445. The third kappa shape index (κ3) is 7.59. The van der Waals surface area contributed by atoms with Crippen LogP contribution >= 0.6 is 0 Å². The molecule has 0 aromatic heterocycles. The number of benzene rings is 1. The van der Waals surface area contributed by atoms with Crippen LogP contribution in [0.25, 0.3) is 0 Å². The maximum atomic E-state index is 2.55. The Hall–Kier alpha value is 0.114. The molecule has 0 radical (unpaired) electrons. The van der Waals surface area contributed by atoms with Crippen molar-refractivity contribution in [1.29, 1.82) is 0 Å². The van der Waals surface area contributed by atoms with Crippen LogP contribution in [-0.2, 0) is 16.3 Å². The molecular weight excluding hydrogens is 375 g/mol. The summed E-state index contributed by atoms with van der Waals surface area (Å²) in [5, 5.41) is 0.